The number of halogens is 1. The van der Waals surface area contributed by atoms with Gasteiger partial charge in [-0.2, -0.15) is 0 Å². The average molecular weight is 359 g/mol. The van der Waals surface area contributed by atoms with E-state index in [-0.39, 0.29) is 12.4 Å². The number of rotatable bonds is 5. The minimum Gasteiger partial charge on any atom is -0.486 e. The van der Waals surface area contributed by atoms with Crippen LogP contribution >= 0.6 is 11.6 Å². The van der Waals surface area contributed by atoms with Crippen molar-refractivity contribution in [3.8, 4) is 11.5 Å². The first kappa shape index (κ1) is 17.0. The Morgan fingerprint density at radius 3 is 2.64 bits per heavy atom. The maximum Gasteiger partial charge on any atom is 0.331 e. The number of carbonyl (C=O) groups is 2. The molecule has 2 aromatic carbocycles. The molecule has 0 bridgehead atoms. The van der Waals surface area contributed by atoms with Crippen LogP contribution in [0.25, 0.3) is 6.08 Å². The van der Waals surface area contributed by atoms with Crippen LogP contribution in [0.5, 0.6) is 11.5 Å². The Kier molecular flexibility index (Phi) is 5.36. The maximum atomic E-state index is 12.1. The summed E-state index contributed by atoms with van der Waals surface area (Å²) in [6, 6.07) is 12.0. The highest BCUT2D eigenvalue weighted by Gasteiger charge is 2.15. The normalized spacial score (nSPS) is 12.8. The number of ether oxygens (including phenoxy) is 3. The topological polar surface area (TPSA) is 61.8 Å². The number of esters is 1. The summed E-state index contributed by atoms with van der Waals surface area (Å²) in [5.74, 6) is 0.173. The number of benzene rings is 2. The molecule has 0 spiro atoms. The van der Waals surface area contributed by atoms with Gasteiger partial charge in [0.15, 0.2) is 23.9 Å². The largest absolute Gasteiger partial charge is 0.486 e. The molecule has 0 radical (unpaired) electrons. The third-order valence-electron chi connectivity index (χ3n) is 3.51. The highest BCUT2D eigenvalue weighted by atomic mass is 35.5. The molecule has 0 amide bonds. The van der Waals surface area contributed by atoms with Gasteiger partial charge in [0.25, 0.3) is 0 Å². The lowest BCUT2D eigenvalue weighted by atomic mass is 10.1. The summed E-state index contributed by atoms with van der Waals surface area (Å²) >= 11 is 5.99. The smallest absolute Gasteiger partial charge is 0.331 e. The van der Waals surface area contributed by atoms with Crippen LogP contribution in [0.3, 0.4) is 0 Å². The summed E-state index contributed by atoms with van der Waals surface area (Å²) in [7, 11) is 0. The van der Waals surface area contributed by atoms with E-state index in [0.29, 0.717) is 40.9 Å². The Balaban J connectivity index is 1.57. The van der Waals surface area contributed by atoms with Crippen molar-refractivity contribution in [3.63, 3.8) is 0 Å². The Morgan fingerprint density at radius 2 is 1.84 bits per heavy atom. The first-order chi connectivity index (χ1) is 12.1. The van der Waals surface area contributed by atoms with Crippen LogP contribution in [-0.2, 0) is 9.53 Å². The molecular formula is C19H15ClO5. The maximum absolute atomic E-state index is 12.1. The van der Waals surface area contributed by atoms with E-state index in [1.54, 1.807) is 42.5 Å². The number of Topliss-reactive ketones (excluding diaryl/α,β-unsaturated/α-hetero) is 1. The second kappa shape index (κ2) is 7.85. The Morgan fingerprint density at radius 1 is 1.08 bits per heavy atom. The van der Waals surface area contributed by atoms with Gasteiger partial charge in [-0.05, 0) is 35.9 Å². The van der Waals surface area contributed by atoms with Gasteiger partial charge < -0.3 is 14.2 Å². The lowest BCUT2D eigenvalue weighted by molar-refractivity contribution is -0.136. The zero-order chi connectivity index (χ0) is 17.6. The quantitative estimate of drug-likeness (QED) is 0.464. The average Bonchev–Trinajstić information content (AvgIpc) is 2.65. The molecule has 6 heteroatoms. The summed E-state index contributed by atoms with van der Waals surface area (Å²) in [5.41, 5.74) is 1.09. The summed E-state index contributed by atoms with van der Waals surface area (Å²) in [6.07, 6.45) is 2.78. The van der Waals surface area contributed by atoms with Crippen molar-refractivity contribution in [1.29, 1.82) is 0 Å². The van der Waals surface area contributed by atoms with Crippen molar-refractivity contribution in [3.05, 3.63) is 64.7 Å². The van der Waals surface area contributed by atoms with Crippen molar-refractivity contribution in [2.75, 3.05) is 19.8 Å². The predicted octanol–water partition coefficient (Wildman–Crippen LogP) is 3.55. The van der Waals surface area contributed by atoms with Crippen LogP contribution in [0.2, 0.25) is 5.02 Å². The van der Waals surface area contributed by atoms with E-state index in [1.807, 2.05) is 6.07 Å². The monoisotopic (exact) mass is 358 g/mol. The summed E-state index contributed by atoms with van der Waals surface area (Å²) in [5, 5.41) is 0.527. The molecule has 128 valence electrons. The second-order valence-electron chi connectivity index (χ2n) is 5.24. The van der Waals surface area contributed by atoms with Crippen molar-refractivity contribution >= 4 is 29.4 Å². The third-order valence-corrected chi connectivity index (χ3v) is 3.86. The molecule has 0 saturated heterocycles. The highest BCUT2D eigenvalue weighted by molar-refractivity contribution is 6.32. The highest BCUT2D eigenvalue weighted by Crippen LogP contribution is 2.30. The van der Waals surface area contributed by atoms with E-state index in [4.69, 9.17) is 25.8 Å². The van der Waals surface area contributed by atoms with Gasteiger partial charge in [0.1, 0.15) is 13.2 Å². The van der Waals surface area contributed by atoms with E-state index >= 15 is 0 Å². The number of hydrogen-bond acceptors (Lipinski definition) is 5. The van der Waals surface area contributed by atoms with Crippen LogP contribution in [0.1, 0.15) is 15.9 Å². The van der Waals surface area contributed by atoms with Crippen molar-refractivity contribution < 1.29 is 23.8 Å². The molecule has 1 aliphatic rings. The lowest BCUT2D eigenvalue weighted by Crippen LogP contribution is -2.17. The Bertz CT molecular complexity index is 828. The fourth-order valence-corrected chi connectivity index (χ4v) is 2.45. The van der Waals surface area contributed by atoms with Gasteiger partial charge >= 0.3 is 5.97 Å². The molecule has 1 aliphatic heterocycles. The van der Waals surface area contributed by atoms with E-state index in [0.717, 1.165) is 0 Å². The number of hydrogen-bond donors (Lipinski definition) is 0. The van der Waals surface area contributed by atoms with E-state index in [9.17, 15) is 9.59 Å². The van der Waals surface area contributed by atoms with Gasteiger partial charge in [0.05, 0.1) is 0 Å². The zero-order valence-electron chi connectivity index (χ0n) is 13.2. The van der Waals surface area contributed by atoms with Gasteiger partial charge in [-0.15, -0.1) is 0 Å². The van der Waals surface area contributed by atoms with Crippen LogP contribution in [0.4, 0.5) is 0 Å². The van der Waals surface area contributed by atoms with E-state index in [2.05, 4.69) is 0 Å². The van der Waals surface area contributed by atoms with Gasteiger partial charge in [-0.1, -0.05) is 29.8 Å². The third kappa shape index (κ3) is 4.39. The number of carbonyl (C=O) groups excluding carboxylic acids is 2. The lowest BCUT2D eigenvalue weighted by Gasteiger charge is -2.18. The molecule has 3 rings (SSSR count). The summed E-state index contributed by atoms with van der Waals surface area (Å²) in [4.78, 5) is 23.9. The molecule has 0 unspecified atom stereocenters. The van der Waals surface area contributed by atoms with Gasteiger partial charge in [-0.25, -0.2) is 4.79 Å². The fourth-order valence-electron chi connectivity index (χ4n) is 2.25. The Labute approximate surface area is 149 Å². The van der Waals surface area contributed by atoms with Crippen molar-refractivity contribution in [2.45, 2.75) is 0 Å². The molecule has 0 atom stereocenters. The fraction of sp³-hybridized carbons (Fsp3) is 0.158. The first-order valence-corrected chi connectivity index (χ1v) is 8.03. The minimum atomic E-state index is -0.620. The van der Waals surface area contributed by atoms with E-state index < -0.39 is 5.97 Å². The molecule has 0 saturated carbocycles. The van der Waals surface area contributed by atoms with Gasteiger partial charge in [0.2, 0.25) is 0 Å². The zero-order valence-corrected chi connectivity index (χ0v) is 14.0. The van der Waals surface area contributed by atoms with Crippen LogP contribution in [0, 0.1) is 0 Å². The molecule has 25 heavy (non-hydrogen) atoms. The van der Waals surface area contributed by atoms with Crippen LogP contribution in [-0.4, -0.2) is 31.6 Å². The minimum absolute atomic E-state index is 0.323. The number of ketones is 1. The SMILES string of the molecule is O=C(/C=C/c1ccccc1Cl)OCC(=O)c1ccc2c(c1)OCCO2. The van der Waals surface area contributed by atoms with Crippen LogP contribution < -0.4 is 9.47 Å². The van der Waals surface area contributed by atoms with Crippen LogP contribution in [0.15, 0.2) is 48.5 Å². The Hall–Kier alpha value is -2.79. The van der Waals surface area contributed by atoms with Crippen molar-refractivity contribution in [1.82, 2.24) is 0 Å². The molecule has 0 fully saturated rings. The van der Waals surface area contributed by atoms with Gasteiger partial charge in [0, 0.05) is 16.7 Å². The molecule has 2 aromatic rings. The summed E-state index contributed by atoms with van der Waals surface area (Å²) in [6.45, 7) is 0.563. The standard InChI is InChI=1S/C19H15ClO5/c20-15-4-2-1-3-13(15)6-8-19(22)25-12-16(21)14-5-7-17-18(11-14)24-10-9-23-17/h1-8,11H,9-10,12H2/b8-6+. The number of fused-ring (bicyclic) bond motifs is 1. The molecule has 5 nitrogen and oxygen atoms in total. The molecule has 0 aliphatic carbocycles. The molecule has 0 aromatic heterocycles. The van der Waals surface area contributed by atoms with E-state index in [1.165, 1.54) is 6.08 Å². The first-order valence-electron chi connectivity index (χ1n) is 7.66. The molecule has 0 N–H and O–H groups in total. The molecule has 1 heterocycles. The summed E-state index contributed by atoms with van der Waals surface area (Å²) < 4.78 is 15.8. The second-order valence-corrected chi connectivity index (χ2v) is 5.65. The van der Waals surface area contributed by atoms with Crippen molar-refractivity contribution in [2.24, 2.45) is 0 Å². The molecular weight excluding hydrogens is 344 g/mol. The predicted molar refractivity (Wildman–Crippen MR) is 93.2 cm³/mol. The van der Waals surface area contributed by atoms with Gasteiger partial charge in [-0.3, -0.25) is 4.79 Å².